The summed E-state index contributed by atoms with van der Waals surface area (Å²) in [5.74, 6) is 0.0665. The summed E-state index contributed by atoms with van der Waals surface area (Å²) in [6, 6.07) is 17.0. The fourth-order valence-electron chi connectivity index (χ4n) is 3.47. The van der Waals surface area contributed by atoms with E-state index >= 15 is 0 Å². The SMILES string of the molecule is CC(=O)C=Cc1ccc2c(c1)C(C)=CC(C)(C)N2Cc1ccccc1. The lowest BCUT2D eigenvalue weighted by molar-refractivity contribution is -0.112. The van der Waals surface area contributed by atoms with Crippen molar-refractivity contribution in [2.75, 3.05) is 4.90 Å². The molecular weight excluding hydrogens is 306 g/mol. The van der Waals surface area contributed by atoms with E-state index in [1.807, 2.05) is 6.08 Å². The first-order valence-corrected chi connectivity index (χ1v) is 8.71. The molecule has 3 rings (SSSR count). The van der Waals surface area contributed by atoms with Crippen LogP contribution in [0.15, 0.2) is 60.7 Å². The van der Waals surface area contributed by atoms with Crippen molar-refractivity contribution in [3.05, 3.63) is 77.4 Å². The van der Waals surface area contributed by atoms with Crippen LogP contribution >= 0.6 is 0 Å². The van der Waals surface area contributed by atoms with E-state index in [2.05, 4.69) is 80.3 Å². The van der Waals surface area contributed by atoms with Crippen LogP contribution in [0.3, 0.4) is 0 Å². The van der Waals surface area contributed by atoms with E-state index in [9.17, 15) is 4.79 Å². The average Bonchev–Trinajstić information content (AvgIpc) is 2.57. The molecule has 0 N–H and O–H groups in total. The summed E-state index contributed by atoms with van der Waals surface area (Å²) in [6.45, 7) is 9.12. The van der Waals surface area contributed by atoms with E-state index in [-0.39, 0.29) is 11.3 Å². The van der Waals surface area contributed by atoms with Crippen LogP contribution in [0.25, 0.3) is 11.6 Å². The summed E-state index contributed by atoms with van der Waals surface area (Å²) in [6.07, 6.45) is 5.84. The molecule has 0 aromatic heterocycles. The minimum Gasteiger partial charge on any atom is -0.358 e. The van der Waals surface area contributed by atoms with E-state index in [0.29, 0.717) is 0 Å². The van der Waals surface area contributed by atoms with Crippen molar-refractivity contribution in [3.63, 3.8) is 0 Å². The number of rotatable bonds is 4. The molecule has 25 heavy (non-hydrogen) atoms. The summed E-state index contributed by atoms with van der Waals surface area (Å²) in [7, 11) is 0. The largest absolute Gasteiger partial charge is 0.358 e. The number of fused-ring (bicyclic) bond motifs is 1. The van der Waals surface area contributed by atoms with Gasteiger partial charge in [-0.2, -0.15) is 0 Å². The lowest BCUT2D eigenvalue weighted by Crippen LogP contribution is -2.44. The smallest absolute Gasteiger partial charge is 0.152 e. The molecule has 0 radical (unpaired) electrons. The Kier molecular flexibility index (Phi) is 4.63. The van der Waals surface area contributed by atoms with Crippen LogP contribution in [0, 0.1) is 0 Å². The van der Waals surface area contributed by atoms with Gasteiger partial charge < -0.3 is 4.90 Å². The maximum Gasteiger partial charge on any atom is 0.152 e. The molecule has 1 aliphatic rings. The Morgan fingerprint density at radius 2 is 1.84 bits per heavy atom. The van der Waals surface area contributed by atoms with E-state index in [1.54, 1.807) is 13.0 Å². The van der Waals surface area contributed by atoms with E-state index in [4.69, 9.17) is 0 Å². The molecule has 0 aliphatic carbocycles. The Morgan fingerprint density at radius 1 is 1.12 bits per heavy atom. The lowest BCUT2D eigenvalue weighted by Gasteiger charge is -2.43. The predicted molar refractivity (Wildman–Crippen MR) is 107 cm³/mol. The van der Waals surface area contributed by atoms with Crippen LogP contribution in [0.4, 0.5) is 5.69 Å². The fraction of sp³-hybridized carbons (Fsp3) is 0.261. The molecule has 0 fully saturated rings. The van der Waals surface area contributed by atoms with Crippen molar-refractivity contribution in [1.82, 2.24) is 0 Å². The van der Waals surface area contributed by atoms with Gasteiger partial charge in [-0.25, -0.2) is 0 Å². The standard InChI is InChI=1S/C23H25NO/c1-17-15-23(3,4)24(16-20-8-6-5-7-9-20)22-13-12-19(14-21(17)22)11-10-18(2)25/h5-15H,16H2,1-4H3. The third kappa shape index (κ3) is 3.74. The normalized spacial score (nSPS) is 15.8. The molecule has 0 saturated heterocycles. The van der Waals surface area contributed by atoms with E-state index in [0.717, 1.165) is 12.1 Å². The predicted octanol–water partition coefficient (Wildman–Crippen LogP) is 5.49. The molecule has 2 heteroatoms. The van der Waals surface area contributed by atoms with E-state index < -0.39 is 0 Å². The molecule has 0 bridgehead atoms. The third-order valence-corrected chi connectivity index (χ3v) is 4.70. The zero-order valence-corrected chi connectivity index (χ0v) is 15.4. The molecule has 0 unspecified atom stereocenters. The zero-order valence-electron chi connectivity index (χ0n) is 15.4. The molecule has 2 aromatic rings. The monoisotopic (exact) mass is 331 g/mol. The van der Waals surface area contributed by atoms with E-state index in [1.165, 1.54) is 22.4 Å². The Balaban J connectivity index is 2.02. The van der Waals surface area contributed by atoms with Crippen LogP contribution in [0.2, 0.25) is 0 Å². The van der Waals surface area contributed by atoms with Gasteiger partial charge in [-0.1, -0.05) is 48.6 Å². The van der Waals surface area contributed by atoms with Crippen molar-refractivity contribution in [1.29, 1.82) is 0 Å². The number of carbonyl (C=O) groups excluding carboxylic acids is 1. The first-order chi connectivity index (χ1) is 11.9. The Hall–Kier alpha value is -2.61. The van der Waals surface area contributed by atoms with Crippen molar-refractivity contribution in [2.24, 2.45) is 0 Å². The molecule has 0 amide bonds. The molecule has 0 atom stereocenters. The number of allylic oxidation sites excluding steroid dienone is 2. The van der Waals surface area contributed by atoms with Gasteiger partial charge in [0.15, 0.2) is 5.78 Å². The Labute approximate surface area is 150 Å². The number of anilines is 1. The quantitative estimate of drug-likeness (QED) is 0.690. The van der Waals surface area contributed by atoms with Gasteiger partial charge in [0.25, 0.3) is 0 Å². The molecule has 128 valence electrons. The second-order valence-corrected chi connectivity index (χ2v) is 7.27. The van der Waals surface area contributed by atoms with Gasteiger partial charge in [0, 0.05) is 17.8 Å². The minimum absolute atomic E-state index is 0.0519. The summed E-state index contributed by atoms with van der Waals surface area (Å²) in [5, 5.41) is 0. The summed E-state index contributed by atoms with van der Waals surface area (Å²) in [5.41, 5.74) is 6.07. The number of nitrogens with zero attached hydrogens (tertiary/aromatic N) is 1. The van der Waals surface area contributed by atoms with Crippen LogP contribution in [-0.2, 0) is 11.3 Å². The van der Waals surface area contributed by atoms with Gasteiger partial charge in [0.05, 0.1) is 5.54 Å². The van der Waals surface area contributed by atoms with Gasteiger partial charge in [-0.15, -0.1) is 0 Å². The van der Waals surface area contributed by atoms with Crippen LogP contribution in [0.1, 0.15) is 44.4 Å². The van der Waals surface area contributed by atoms with Crippen molar-refractivity contribution in [3.8, 4) is 0 Å². The molecule has 1 aliphatic heterocycles. The first kappa shape index (κ1) is 17.2. The topological polar surface area (TPSA) is 20.3 Å². The molecule has 1 heterocycles. The highest BCUT2D eigenvalue weighted by Crippen LogP contribution is 2.40. The van der Waals surface area contributed by atoms with Gasteiger partial charge in [-0.3, -0.25) is 4.79 Å². The highest BCUT2D eigenvalue weighted by atomic mass is 16.1. The summed E-state index contributed by atoms with van der Waals surface area (Å²) >= 11 is 0. The van der Waals surface area contributed by atoms with Crippen molar-refractivity contribution >= 4 is 23.1 Å². The van der Waals surface area contributed by atoms with Gasteiger partial charge >= 0.3 is 0 Å². The lowest BCUT2D eigenvalue weighted by atomic mass is 9.87. The first-order valence-electron chi connectivity index (χ1n) is 8.71. The highest BCUT2D eigenvalue weighted by molar-refractivity contribution is 5.92. The van der Waals surface area contributed by atoms with Crippen molar-refractivity contribution in [2.45, 2.75) is 39.8 Å². The van der Waals surface area contributed by atoms with Gasteiger partial charge in [0.2, 0.25) is 0 Å². The molecule has 2 nitrogen and oxygen atoms in total. The molecule has 0 saturated carbocycles. The molecule has 2 aromatic carbocycles. The average molecular weight is 331 g/mol. The van der Waals surface area contributed by atoms with Gasteiger partial charge in [-0.05, 0) is 62.6 Å². The Morgan fingerprint density at radius 3 is 2.52 bits per heavy atom. The number of benzene rings is 2. The number of hydrogen-bond donors (Lipinski definition) is 0. The summed E-state index contributed by atoms with van der Waals surface area (Å²) < 4.78 is 0. The Bertz CT molecular complexity index is 844. The number of ketones is 1. The fourth-order valence-corrected chi connectivity index (χ4v) is 3.47. The van der Waals surface area contributed by atoms with Crippen LogP contribution in [-0.4, -0.2) is 11.3 Å². The maximum atomic E-state index is 11.2. The summed E-state index contributed by atoms with van der Waals surface area (Å²) in [4.78, 5) is 13.7. The molecular formula is C23H25NO. The van der Waals surface area contributed by atoms with Gasteiger partial charge in [0.1, 0.15) is 0 Å². The minimum atomic E-state index is -0.0519. The second kappa shape index (κ2) is 6.72. The number of carbonyl (C=O) groups is 1. The van der Waals surface area contributed by atoms with Crippen molar-refractivity contribution < 1.29 is 4.79 Å². The highest BCUT2D eigenvalue weighted by Gasteiger charge is 2.31. The van der Waals surface area contributed by atoms with Crippen LogP contribution in [0.5, 0.6) is 0 Å². The molecule has 0 spiro atoms. The second-order valence-electron chi connectivity index (χ2n) is 7.27. The zero-order chi connectivity index (χ0) is 18.0. The third-order valence-electron chi connectivity index (χ3n) is 4.70. The maximum absolute atomic E-state index is 11.2. The van der Waals surface area contributed by atoms with Crippen LogP contribution < -0.4 is 4.90 Å². The number of hydrogen-bond acceptors (Lipinski definition) is 2.